The molecule has 2 heterocycles. The molecule has 19 heavy (non-hydrogen) atoms. The molecular weight excluding hydrogens is 242 g/mol. The molecule has 0 spiro atoms. The van der Waals surface area contributed by atoms with Gasteiger partial charge in [0.1, 0.15) is 0 Å². The summed E-state index contributed by atoms with van der Waals surface area (Å²) >= 11 is 0. The van der Waals surface area contributed by atoms with Crippen LogP contribution in [-0.4, -0.2) is 14.7 Å². The quantitative estimate of drug-likeness (QED) is 0.752. The van der Waals surface area contributed by atoms with E-state index in [0.29, 0.717) is 23.8 Å². The molecule has 1 aromatic carbocycles. The van der Waals surface area contributed by atoms with Crippen LogP contribution in [0.4, 0.5) is 5.95 Å². The van der Waals surface area contributed by atoms with Crippen molar-refractivity contribution in [3.63, 3.8) is 0 Å². The summed E-state index contributed by atoms with van der Waals surface area (Å²) in [5, 5.41) is 12.8. The van der Waals surface area contributed by atoms with Gasteiger partial charge in [0.25, 0.3) is 0 Å². The predicted molar refractivity (Wildman–Crippen MR) is 69.2 cm³/mol. The topological polar surface area (TPSA) is 93.7 Å². The van der Waals surface area contributed by atoms with Gasteiger partial charge >= 0.3 is 0 Å². The van der Waals surface area contributed by atoms with E-state index in [1.807, 2.05) is 13.0 Å². The Morgan fingerprint density at radius 3 is 2.95 bits per heavy atom. The number of hydrogen-bond donors (Lipinski definition) is 1. The summed E-state index contributed by atoms with van der Waals surface area (Å²) in [6.45, 7) is 2.30. The summed E-state index contributed by atoms with van der Waals surface area (Å²) in [4.78, 5) is 4.26. The van der Waals surface area contributed by atoms with Gasteiger partial charge in [-0.05, 0) is 25.1 Å². The van der Waals surface area contributed by atoms with Crippen molar-refractivity contribution < 1.29 is 4.52 Å². The van der Waals surface area contributed by atoms with Crippen LogP contribution in [0.2, 0.25) is 0 Å². The zero-order valence-electron chi connectivity index (χ0n) is 10.3. The van der Waals surface area contributed by atoms with Crippen molar-refractivity contribution in [2.45, 2.75) is 13.5 Å². The van der Waals surface area contributed by atoms with Crippen LogP contribution in [0.5, 0.6) is 0 Å². The lowest BCUT2D eigenvalue weighted by molar-refractivity contribution is 0.374. The maximum absolute atomic E-state index is 8.95. The normalized spacial score (nSPS) is 10.7. The van der Waals surface area contributed by atoms with Crippen LogP contribution >= 0.6 is 0 Å². The lowest BCUT2D eigenvalue weighted by Crippen LogP contribution is -2.03. The Kier molecular flexibility index (Phi) is 2.46. The standard InChI is InChI=1S/C13H11N5O/c1-8-4-10(19-17-8)7-18-12-5-9(6-14)2-3-11(12)16-13(18)15/h2-5H,7H2,1H3,(H2,15,16). The van der Waals surface area contributed by atoms with Gasteiger partial charge in [-0.2, -0.15) is 5.26 Å². The van der Waals surface area contributed by atoms with Crippen LogP contribution < -0.4 is 5.73 Å². The number of nitriles is 1. The highest BCUT2D eigenvalue weighted by Crippen LogP contribution is 2.20. The summed E-state index contributed by atoms with van der Waals surface area (Å²) in [6, 6.07) is 9.22. The fourth-order valence-corrected chi connectivity index (χ4v) is 2.02. The lowest BCUT2D eigenvalue weighted by atomic mass is 10.2. The first-order valence-corrected chi connectivity index (χ1v) is 5.75. The zero-order chi connectivity index (χ0) is 13.4. The van der Waals surface area contributed by atoms with E-state index in [9.17, 15) is 0 Å². The van der Waals surface area contributed by atoms with Crippen LogP contribution in [0.1, 0.15) is 17.0 Å². The second-order valence-corrected chi connectivity index (χ2v) is 4.31. The van der Waals surface area contributed by atoms with Gasteiger partial charge in [0.05, 0.1) is 34.9 Å². The third-order valence-corrected chi connectivity index (χ3v) is 2.90. The molecule has 3 rings (SSSR count). The molecule has 0 aliphatic carbocycles. The molecule has 0 saturated carbocycles. The smallest absolute Gasteiger partial charge is 0.201 e. The van der Waals surface area contributed by atoms with Gasteiger partial charge < -0.3 is 14.8 Å². The van der Waals surface area contributed by atoms with E-state index >= 15 is 0 Å². The Morgan fingerprint density at radius 2 is 2.26 bits per heavy atom. The number of benzene rings is 1. The Labute approximate surface area is 109 Å². The Hall–Kier alpha value is -2.81. The second-order valence-electron chi connectivity index (χ2n) is 4.31. The van der Waals surface area contributed by atoms with E-state index in [-0.39, 0.29) is 0 Å². The molecule has 3 aromatic rings. The van der Waals surface area contributed by atoms with Gasteiger partial charge in [0.15, 0.2) is 5.76 Å². The number of nitrogens with two attached hydrogens (primary N) is 1. The van der Waals surface area contributed by atoms with Crippen LogP contribution in [0.3, 0.4) is 0 Å². The SMILES string of the molecule is Cc1cc(Cn2c(N)nc3ccc(C#N)cc32)on1. The van der Waals surface area contributed by atoms with Crippen molar-refractivity contribution in [1.82, 2.24) is 14.7 Å². The van der Waals surface area contributed by atoms with E-state index in [1.165, 1.54) is 0 Å². The van der Waals surface area contributed by atoms with E-state index in [2.05, 4.69) is 16.2 Å². The van der Waals surface area contributed by atoms with Gasteiger partial charge in [-0.3, -0.25) is 0 Å². The van der Waals surface area contributed by atoms with Gasteiger partial charge in [0.2, 0.25) is 5.95 Å². The molecule has 0 unspecified atom stereocenters. The van der Waals surface area contributed by atoms with Gasteiger partial charge in [-0.25, -0.2) is 4.98 Å². The van der Waals surface area contributed by atoms with E-state index in [4.69, 9.17) is 15.5 Å². The maximum atomic E-state index is 8.95. The summed E-state index contributed by atoms with van der Waals surface area (Å²) in [6.07, 6.45) is 0. The van der Waals surface area contributed by atoms with Gasteiger partial charge in [-0.1, -0.05) is 5.16 Å². The molecule has 0 aliphatic rings. The molecule has 6 heteroatoms. The van der Waals surface area contributed by atoms with Crippen LogP contribution in [-0.2, 0) is 6.54 Å². The summed E-state index contributed by atoms with van der Waals surface area (Å²) in [7, 11) is 0. The first kappa shape index (κ1) is 11.3. The highest BCUT2D eigenvalue weighted by molar-refractivity contribution is 5.79. The van der Waals surface area contributed by atoms with Crippen LogP contribution in [0, 0.1) is 18.3 Å². The van der Waals surface area contributed by atoms with Crippen LogP contribution in [0.15, 0.2) is 28.8 Å². The molecule has 0 amide bonds. The third kappa shape index (κ3) is 1.91. The fourth-order valence-electron chi connectivity index (χ4n) is 2.02. The molecule has 0 aliphatic heterocycles. The Bertz CT molecular complexity index is 793. The van der Waals surface area contributed by atoms with Crippen molar-refractivity contribution in [2.75, 3.05) is 5.73 Å². The number of nitrogen functional groups attached to an aromatic ring is 1. The largest absolute Gasteiger partial charge is 0.369 e. The zero-order valence-corrected chi connectivity index (χ0v) is 10.3. The number of imidazole rings is 1. The van der Waals surface area contributed by atoms with E-state index in [0.717, 1.165) is 16.7 Å². The average Bonchev–Trinajstić information content (AvgIpc) is 2.94. The number of aryl methyl sites for hydroxylation is 1. The third-order valence-electron chi connectivity index (χ3n) is 2.90. The molecule has 0 saturated heterocycles. The minimum atomic E-state index is 0.388. The number of nitrogens with zero attached hydrogens (tertiary/aromatic N) is 4. The van der Waals surface area contributed by atoms with Gasteiger partial charge in [0, 0.05) is 6.07 Å². The van der Waals surface area contributed by atoms with Crippen molar-refractivity contribution in [1.29, 1.82) is 5.26 Å². The maximum Gasteiger partial charge on any atom is 0.201 e. The Balaban J connectivity index is 2.11. The summed E-state index contributed by atoms with van der Waals surface area (Å²) < 4.78 is 6.98. The lowest BCUT2D eigenvalue weighted by Gasteiger charge is -2.03. The van der Waals surface area contributed by atoms with Crippen molar-refractivity contribution >= 4 is 17.0 Å². The molecule has 6 nitrogen and oxygen atoms in total. The average molecular weight is 253 g/mol. The van der Waals surface area contributed by atoms with Crippen LogP contribution in [0.25, 0.3) is 11.0 Å². The van der Waals surface area contributed by atoms with E-state index in [1.54, 1.807) is 22.8 Å². The number of anilines is 1. The molecule has 0 atom stereocenters. The minimum absolute atomic E-state index is 0.388. The van der Waals surface area contributed by atoms with E-state index < -0.39 is 0 Å². The molecule has 0 fully saturated rings. The number of rotatable bonds is 2. The number of fused-ring (bicyclic) bond motifs is 1. The fraction of sp³-hybridized carbons (Fsp3) is 0.154. The predicted octanol–water partition coefficient (Wildman–Crippen LogP) is 1.83. The van der Waals surface area contributed by atoms with Gasteiger partial charge in [-0.15, -0.1) is 0 Å². The Morgan fingerprint density at radius 1 is 1.42 bits per heavy atom. The van der Waals surface area contributed by atoms with Crippen molar-refractivity contribution in [3.8, 4) is 6.07 Å². The summed E-state index contributed by atoms with van der Waals surface area (Å²) in [5.74, 6) is 1.09. The minimum Gasteiger partial charge on any atom is -0.369 e. The highest BCUT2D eigenvalue weighted by atomic mass is 16.5. The van der Waals surface area contributed by atoms with Crippen molar-refractivity contribution in [2.24, 2.45) is 0 Å². The van der Waals surface area contributed by atoms with Crippen molar-refractivity contribution in [3.05, 3.63) is 41.3 Å². The first-order valence-electron chi connectivity index (χ1n) is 5.75. The molecule has 0 bridgehead atoms. The molecule has 2 aromatic heterocycles. The number of hydrogen-bond acceptors (Lipinski definition) is 5. The molecule has 2 N–H and O–H groups in total. The summed E-state index contributed by atoms with van der Waals surface area (Å²) in [5.41, 5.74) is 8.86. The molecule has 0 radical (unpaired) electrons. The number of aromatic nitrogens is 3. The molecular formula is C13H11N5O. The molecule has 94 valence electrons. The second kappa shape index (κ2) is 4.14. The monoisotopic (exact) mass is 253 g/mol. The first-order chi connectivity index (χ1) is 9.17. The highest BCUT2D eigenvalue weighted by Gasteiger charge is 2.11.